The monoisotopic (exact) mass is 848 g/mol. The Kier molecular flexibility index (Phi) is 12.6. The number of para-hydroxylation sites is 1. The van der Waals surface area contributed by atoms with Crippen molar-refractivity contribution >= 4 is 75.4 Å². The van der Waals surface area contributed by atoms with Crippen LogP contribution in [0.1, 0.15) is 64.4 Å². The third kappa shape index (κ3) is 7.82. The molecule has 2 aliphatic rings. The lowest BCUT2D eigenvalue weighted by Gasteiger charge is -2.38. The van der Waals surface area contributed by atoms with Crippen LogP contribution in [0.5, 0.6) is 17.2 Å². The number of allylic oxidation sites excluding steroid dienone is 2. The van der Waals surface area contributed by atoms with Gasteiger partial charge in [0.25, 0.3) is 11.7 Å². The van der Waals surface area contributed by atoms with Gasteiger partial charge in [-0.15, -0.1) is 11.3 Å². The molecule has 3 heterocycles. The lowest BCUT2D eigenvalue weighted by atomic mass is 9.78. The predicted octanol–water partition coefficient (Wildman–Crippen LogP) is 6.63. The smallest absolute Gasteiger partial charge is 0.312 e. The van der Waals surface area contributed by atoms with E-state index in [0.29, 0.717) is 16.0 Å². The summed E-state index contributed by atoms with van der Waals surface area (Å²) in [5.74, 6) is -6.57. The number of amides is 1. The van der Waals surface area contributed by atoms with Gasteiger partial charge in [0, 0.05) is 61.2 Å². The molecule has 16 heteroatoms. The van der Waals surface area contributed by atoms with Gasteiger partial charge < -0.3 is 44.1 Å². The number of hydrogen-bond acceptors (Lipinski definition) is 14. The number of Topliss-reactive ketones (excluding diaryl/α,β-unsaturated/α-hetero) is 1. The van der Waals surface area contributed by atoms with E-state index in [2.05, 4.69) is 14.8 Å². The molecule has 0 saturated heterocycles. The summed E-state index contributed by atoms with van der Waals surface area (Å²) in [5, 5.41) is 37.4. The van der Waals surface area contributed by atoms with Crippen molar-refractivity contribution in [3.8, 4) is 17.2 Å². The number of ketones is 1. The van der Waals surface area contributed by atoms with Gasteiger partial charge in [0.05, 0.1) is 59.9 Å². The number of carbonyl (C=O) groups is 3. The van der Waals surface area contributed by atoms with Crippen LogP contribution in [-0.2, 0) is 23.8 Å². The number of fused-ring (bicyclic) bond motifs is 2. The van der Waals surface area contributed by atoms with Crippen molar-refractivity contribution < 1.29 is 53.2 Å². The Labute approximate surface area is 347 Å². The minimum absolute atomic E-state index is 0.00528. The fourth-order valence-electron chi connectivity index (χ4n) is 7.90. The lowest BCUT2D eigenvalue weighted by molar-refractivity contribution is -0.160. The second-order valence-electron chi connectivity index (χ2n) is 15.4. The molecule has 4 bridgehead atoms. The maximum absolute atomic E-state index is 14.6. The highest BCUT2D eigenvalue weighted by Gasteiger charge is 2.49. The molecule has 4 N–H and O–H groups in total. The second-order valence-corrected chi connectivity index (χ2v) is 16.7. The molecule has 0 fully saturated rings. The molecule has 14 nitrogen and oxygen atoms in total. The molecule has 0 radical (unpaired) electrons. The third-order valence-corrected chi connectivity index (χ3v) is 12.9. The van der Waals surface area contributed by atoms with Crippen LogP contribution in [0.25, 0.3) is 31.2 Å². The lowest BCUT2D eigenvalue weighted by Crippen LogP contribution is -2.46. The van der Waals surface area contributed by atoms with Crippen LogP contribution < -0.4 is 20.0 Å². The van der Waals surface area contributed by atoms with Crippen molar-refractivity contribution in [3.05, 3.63) is 75.7 Å². The normalized spacial score (nSPS) is 28.1. The summed E-state index contributed by atoms with van der Waals surface area (Å²) < 4.78 is 30.2. The summed E-state index contributed by atoms with van der Waals surface area (Å²) in [6.07, 6.45) is 3.73. The number of phenolic OH excluding ortho intramolecular Hbond substituents is 1. The molecule has 3 aromatic carbocycles. The van der Waals surface area contributed by atoms with E-state index in [1.165, 1.54) is 46.3 Å². The average Bonchev–Trinajstić information content (AvgIpc) is 3.47. The number of hydrogen-bond donors (Lipinski definition) is 4. The molecule has 2 unspecified atom stereocenters. The van der Waals surface area contributed by atoms with Crippen molar-refractivity contribution in [1.82, 2.24) is 4.98 Å². The van der Waals surface area contributed by atoms with Crippen LogP contribution in [0, 0.1) is 30.6 Å². The molecule has 2 aliphatic heterocycles. The Morgan fingerprint density at radius 3 is 2.37 bits per heavy atom. The first kappa shape index (κ1) is 43.7. The Balaban J connectivity index is 1.60. The van der Waals surface area contributed by atoms with Crippen molar-refractivity contribution in [1.29, 1.82) is 0 Å². The van der Waals surface area contributed by atoms with E-state index in [0.717, 1.165) is 11.3 Å². The zero-order valence-corrected chi connectivity index (χ0v) is 36.2. The first-order chi connectivity index (χ1) is 27.9. The molecule has 0 spiro atoms. The Bertz CT molecular complexity index is 2520. The van der Waals surface area contributed by atoms with E-state index in [4.69, 9.17) is 28.5 Å². The molecule has 1 amide bonds. The molecular formula is C43H49N2O12PS. The van der Waals surface area contributed by atoms with Gasteiger partial charge in [-0.2, -0.15) is 0 Å². The van der Waals surface area contributed by atoms with Gasteiger partial charge in [0.15, 0.2) is 11.2 Å². The van der Waals surface area contributed by atoms with Crippen LogP contribution in [0.2, 0.25) is 0 Å². The first-order valence-corrected chi connectivity index (χ1v) is 20.4. The SMILES string of the molecule is CO[C@H]1C=COC2(C)Oc3c(C)c(=O)c4c(O)c(c5sc6cccc(OP)c6nc5c4c3C2=O)NC(=O)C(C)=CC=C[C@H](C)[C@H](O)[C@@H](C)[C@@H](O)[C@@H](C)[C@H](OC(C)=O)[C@@H]1C. The zero-order chi connectivity index (χ0) is 43.2. The highest BCUT2D eigenvalue weighted by Crippen LogP contribution is 2.50. The number of methoxy groups -OCH3 is 1. The number of aromatic hydroxyl groups is 1. The molecule has 314 valence electrons. The molecule has 0 saturated carbocycles. The number of aromatic nitrogens is 1. The zero-order valence-electron chi connectivity index (χ0n) is 34.2. The minimum atomic E-state index is -2.01. The van der Waals surface area contributed by atoms with Crippen LogP contribution in [0.3, 0.4) is 0 Å². The molecule has 0 aliphatic carbocycles. The van der Waals surface area contributed by atoms with Gasteiger partial charge in [0.2, 0.25) is 0 Å². The number of aliphatic hydroxyl groups is 2. The van der Waals surface area contributed by atoms with Gasteiger partial charge >= 0.3 is 11.8 Å². The number of anilines is 1. The Morgan fingerprint density at radius 1 is 1.00 bits per heavy atom. The van der Waals surface area contributed by atoms with Gasteiger partial charge in [-0.25, -0.2) is 4.98 Å². The standard InChI is InChI=1S/C43H49N2O12PS/c1-18-12-10-13-19(2)42(52)45-33-37(50)29-28(32-40(33)59-27-15-11-14-26(57-58)31(27)44-32)30-39(23(6)36(29)49)56-43(8,41(30)51)54-17-16-25(53-9)20(3)38(55-24(7)46)22(5)35(48)21(4)34(18)47/h10-18,20-22,25,34-35,38,47-48,50H,58H2,1-9H3,(H,45,52)/t18-,20+,21+,22+,25-,34-,35+,38+,43?/m0/s1. The number of esters is 1. The topological polar surface area (TPSA) is 200 Å². The number of phenols is 1. The summed E-state index contributed by atoms with van der Waals surface area (Å²) >= 11 is 1.16. The maximum Gasteiger partial charge on any atom is 0.312 e. The highest BCUT2D eigenvalue weighted by molar-refractivity contribution is 7.25. The van der Waals surface area contributed by atoms with Crippen LogP contribution in [0.4, 0.5) is 5.69 Å². The van der Waals surface area contributed by atoms with Crippen molar-refractivity contribution in [2.24, 2.45) is 23.7 Å². The van der Waals surface area contributed by atoms with Gasteiger partial charge in [-0.05, 0) is 32.1 Å². The third-order valence-electron chi connectivity index (χ3n) is 11.5. The Morgan fingerprint density at radius 2 is 1.71 bits per heavy atom. The number of carbonyl (C=O) groups excluding carboxylic acids is 3. The van der Waals surface area contributed by atoms with Gasteiger partial charge in [-0.1, -0.05) is 52.0 Å². The number of aliphatic hydroxyl groups excluding tert-OH is 2. The fourth-order valence-corrected chi connectivity index (χ4v) is 9.19. The number of nitrogens with one attached hydrogen (secondary N) is 1. The molecule has 59 heavy (non-hydrogen) atoms. The molecule has 10 atom stereocenters. The van der Waals surface area contributed by atoms with Gasteiger partial charge in [0.1, 0.15) is 28.8 Å². The van der Waals surface area contributed by atoms with Crippen LogP contribution in [0.15, 0.2) is 59.1 Å². The number of benzene rings is 3. The van der Waals surface area contributed by atoms with E-state index >= 15 is 0 Å². The van der Waals surface area contributed by atoms with Crippen LogP contribution >= 0.6 is 20.8 Å². The van der Waals surface area contributed by atoms with Crippen molar-refractivity contribution in [3.63, 3.8) is 0 Å². The number of nitrogens with zero attached hydrogens (tertiary/aromatic N) is 1. The second kappa shape index (κ2) is 17.0. The number of rotatable bonds is 3. The first-order valence-electron chi connectivity index (χ1n) is 19.1. The minimum Gasteiger partial charge on any atom is -0.505 e. The maximum atomic E-state index is 14.6. The Hall–Kier alpha value is -4.92. The summed E-state index contributed by atoms with van der Waals surface area (Å²) in [7, 11) is 3.62. The summed E-state index contributed by atoms with van der Waals surface area (Å²) in [5.41, 5.74) is -0.0471. The molecule has 4 aromatic rings. The average molecular weight is 849 g/mol. The van der Waals surface area contributed by atoms with E-state index in [9.17, 15) is 34.5 Å². The van der Waals surface area contributed by atoms with Gasteiger partial charge in [-0.3, -0.25) is 19.2 Å². The molecular weight excluding hydrogens is 800 g/mol. The largest absolute Gasteiger partial charge is 0.505 e. The summed E-state index contributed by atoms with van der Waals surface area (Å²) in [6.45, 7) is 12.6. The van der Waals surface area contributed by atoms with Crippen molar-refractivity contribution in [2.45, 2.75) is 85.6 Å². The van der Waals surface area contributed by atoms with E-state index in [-0.39, 0.29) is 49.1 Å². The summed E-state index contributed by atoms with van der Waals surface area (Å²) in [4.78, 5) is 60.0. The van der Waals surface area contributed by atoms with E-state index < -0.39 is 82.7 Å². The van der Waals surface area contributed by atoms with E-state index in [1.54, 1.807) is 65.0 Å². The quantitative estimate of drug-likeness (QED) is 0.0563. The summed E-state index contributed by atoms with van der Waals surface area (Å²) in [6, 6.07) is 5.23. The number of ether oxygens (including phenoxy) is 4. The van der Waals surface area contributed by atoms with Crippen molar-refractivity contribution in [2.75, 3.05) is 12.4 Å². The molecule has 1 aromatic heterocycles. The fraction of sp³-hybridized carbons (Fsp3) is 0.419. The molecule has 6 rings (SSSR count). The highest BCUT2D eigenvalue weighted by atomic mass is 32.1. The van der Waals surface area contributed by atoms with Crippen LogP contribution in [-0.4, -0.2) is 75.3 Å². The predicted molar refractivity (Wildman–Crippen MR) is 228 cm³/mol. The van der Waals surface area contributed by atoms with E-state index in [1.807, 2.05) is 0 Å².